The summed E-state index contributed by atoms with van der Waals surface area (Å²) in [7, 11) is 4.39. The molecular weight excluding hydrogens is 196 g/mol. The third-order valence-corrected chi connectivity index (χ3v) is 4.04. The second kappa shape index (κ2) is 6.61. The van der Waals surface area contributed by atoms with Crippen LogP contribution in [0.2, 0.25) is 0 Å². The molecule has 2 heteroatoms. The molecule has 0 aromatic carbocycles. The van der Waals surface area contributed by atoms with Gasteiger partial charge in [0.2, 0.25) is 0 Å². The summed E-state index contributed by atoms with van der Waals surface area (Å²) in [4.78, 5) is 2.61. The number of hydrogen-bond donors (Lipinski definition) is 1. The molecule has 1 N–H and O–H groups in total. The minimum Gasteiger partial charge on any atom is -0.319 e. The van der Waals surface area contributed by atoms with Crippen LogP contribution in [-0.4, -0.2) is 38.1 Å². The molecule has 0 saturated heterocycles. The Labute approximate surface area is 102 Å². The fourth-order valence-corrected chi connectivity index (χ4v) is 3.33. The monoisotopic (exact) mass is 226 g/mol. The molecule has 0 spiro atoms. The smallest absolute Gasteiger partial charge is 0.00924 e. The molecule has 0 radical (unpaired) electrons. The molecule has 1 unspecified atom stereocenters. The summed E-state index contributed by atoms with van der Waals surface area (Å²) in [5.41, 5.74) is 0.445. The first kappa shape index (κ1) is 14.0. The average Bonchev–Trinajstić information content (AvgIpc) is 2.70. The molecule has 1 aliphatic rings. The molecule has 0 bridgehead atoms. The van der Waals surface area contributed by atoms with Crippen LogP contribution in [0.25, 0.3) is 0 Å². The Morgan fingerprint density at radius 1 is 1.31 bits per heavy atom. The first-order chi connectivity index (χ1) is 7.61. The van der Waals surface area contributed by atoms with Crippen LogP contribution >= 0.6 is 0 Å². The zero-order valence-corrected chi connectivity index (χ0v) is 11.7. The van der Waals surface area contributed by atoms with E-state index in [1.165, 1.54) is 45.1 Å². The molecule has 0 aliphatic heterocycles. The highest BCUT2D eigenvalue weighted by molar-refractivity contribution is 4.83. The van der Waals surface area contributed by atoms with E-state index in [1.54, 1.807) is 0 Å². The first-order valence-corrected chi connectivity index (χ1v) is 6.96. The summed E-state index contributed by atoms with van der Waals surface area (Å²) in [6.07, 6.45) is 8.31. The van der Waals surface area contributed by atoms with Gasteiger partial charge in [0, 0.05) is 19.1 Å². The lowest BCUT2D eigenvalue weighted by Crippen LogP contribution is -2.43. The van der Waals surface area contributed by atoms with Crippen molar-refractivity contribution in [3.8, 4) is 0 Å². The normalized spacial score (nSPS) is 21.6. The van der Waals surface area contributed by atoms with Crippen LogP contribution in [0.1, 0.15) is 52.4 Å². The number of nitrogens with one attached hydrogen (secondary N) is 1. The molecule has 0 aromatic rings. The molecule has 96 valence electrons. The maximum absolute atomic E-state index is 3.36. The van der Waals surface area contributed by atoms with Gasteiger partial charge in [-0.3, -0.25) is 0 Å². The highest BCUT2D eigenvalue weighted by Crippen LogP contribution is 2.28. The van der Waals surface area contributed by atoms with Crippen LogP contribution in [0.5, 0.6) is 0 Å². The van der Waals surface area contributed by atoms with E-state index in [9.17, 15) is 0 Å². The van der Waals surface area contributed by atoms with Crippen molar-refractivity contribution in [2.45, 2.75) is 58.4 Å². The van der Waals surface area contributed by atoms with Gasteiger partial charge in [0.15, 0.2) is 0 Å². The molecule has 0 amide bonds. The van der Waals surface area contributed by atoms with Gasteiger partial charge in [-0.15, -0.1) is 0 Å². The molecule has 1 saturated carbocycles. The Hall–Kier alpha value is -0.0800. The third kappa shape index (κ3) is 4.06. The number of nitrogens with zero attached hydrogens (tertiary/aromatic N) is 1. The second-order valence-corrected chi connectivity index (χ2v) is 5.94. The summed E-state index contributed by atoms with van der Waals surface area (Å²) >= 11 is 0. The van der Waals surface area contributed by atoms with E-state index < -0.39 is 0 Å². The molecule has 1 rings (SSSR count). The van der Waals surface area contributed by atoms with E-state index in [1.807, 2.05) is 0 Å². The molecule has 1 atom stereocenters. The molecule has 1 fully saturated rings. The highest BCUT2D eigenvalue weighted by Gasteiger charge is 2.28. The Bertz CT molecular complexity index is 179. The van der Waals surface area contributed by atoms with Crippen LogP contribution in [0, 0.1) is 5.41 Å². The quantitative estimate of drug-likeness (QED) is 0.718. The number of rotatable bonds is 7. The fraction of sp³-hybridized carbons (Fsp3) is 1.00. The maximum atomic E-state index is 3.36. The van der Waals surface area contributed by atoms with Gasteiger partial charge in [0.1, 0.15) is 0 Å². The van der Waals surface area contributed by atoms with Crippen molar-refractivity contribution in [3.63, 3.8) is 0 Å². The largest absolute Gasteiger partial charge is 0.319 e. The number of hydrogen-bond acceptors (Lipinski definition) is 2. The highest BCUT2D eigenvalue weighted by atomic mass is 15.1. The minimum absolute atomic E-state index is 0.445. The van der Waals surface area contributed by atoms with Gasteiger partial charge in [-0.2, -0.15) is 0 Å². The fourth-order valence-electron chi connectivity index (χ4n) is 3.33. The van der Waals surface area contributed by atoms with Gasteiger partial charge in [0.05, 0.1) is 0 Å². The average molecular weight is 226 g/mol. The summed E-state index contributed by atoms with van der Waals surface area (Å²) in [6.45, 7) is 7.10. The zero-order valence-electron chi connectivity index (χ0n) is 11.7. The van der Waals surface area contributed by atoms with Crippen molar-refractivity contribution < 1.29 is 0 Å². The molecular formula is C14H30N2. The van der Waals surface area contributed by atoms with Gasteiger partial charge in [0.25, 0.3) is 0 Å². The van der Waals surface area contributed by atoms with Crippen LogP contribution in [0.4, 0.5) is 0 Å². The van der Waals surface area contributed by atoms with Crippen molar-refractivity contribution in [3.05, 3.63) is 0 Å². The summed E-state index contributed by atoms with van der Waals surface area (Å²) in [6, 6.07) is 0.855. The van der Waals surface area contributed by atoms with E-state index in [0.29, 0.717) is 5.41 Å². The Balaban J connectivity index is 2.45. The van der Waals surface area contributed by atoms with E-state index in [-0.39, 0.29) is 0 Å². The van der Waals surface area contributed by atoms with E-state index in [0.717, 1.165) is 12.6 Å². The van der Waals surface area contributed by atoms with Crippen molar-refractivity contribution in [2.24, 2.45) is 5.41 Å². The Morgan fingerprint density at radius 2 is 1.94 bits per heavy atom. The Kier molecular flexibility index (Phi) is 5.77. The lowest BCUT2D eigenvalue weighted by molar-refractivity contribution is 0.139. The van der Waals surface area contributed by atoms with E-state index >= 15 is 0 Å². The standard InChI is InChI=1S/C14H30N2/c1-5-10-14(2,11-15-3)12-16(4)13-8-6-7-9-13/h13,15H,5-12H2,1-4H3. The summed E-state index contributed by atoms with van der Waals surface area (Å²) in [5, 5.41) is 3.36. The maximum Gasteiger partial charge on any atom is 0.00924 e. The summed E-state index contributed by atoms with van der Waals surface area (Å²) < 4.78 is 0. The van der Waals surface area contributed by atoms with Crippen LogP contribution < -0.4 is 5.32 Å². The van der Waals surface area contributed by atoms with E-state index in [2.05, 4.69) is 38.2 Å². The predicted octanol–water partition coefficient (Wildman–Crippen LogP) is 2.89. The third-order valence-electron chi connectivity index (χ3n) is 4.04. The van der Waals surface area contributed by atoms with Crippen LogP contribution in [-0.2, 0) is 0 Å². The van der Waals surface area contributed by atoms with Crippen molar-refractivity contribution in [1.82, 2.24) is 10.2 Å². The Morgan fingerprint density at radius 3 is 2.44 bits per heavy atom. The summed E-state index contributed by atoms with van der Waals surface area (Å²) in [5.74, 6) is 0. The van der Waals surface area contributed by atoms with Gasteiger partial charge in [-0.25, -0.2) is 0 Å². The van der Waals surface area contributed by atoms with Crippen LogP contribution in [0.3, 0.4) is 0 Å². The molecule has 0 aromatic heterocycles. The van der Waals surface area contributed by atoms with Crippen molar-refractivity contribution >= 4 is 0 Å². The van der Waals surface area contributed by atoms with Gasteiger partial charge in [-0.05, 0) is 38.8 Å². The lowest BCUT2D eigenvalue weighted by atomic mass is 9.84. The molecule has 16 heavy (non-hydrogen) atoms. The molecule has 1 aliphatic carbocycles. The zero-order chi connectivity index (χ0) is 12.0. The first-order valence-electron chi connectivity index (χ1n) is 6.96. The SMILES string of the molecule is CCCC(C)(CNC)CN(C)C1CCCC1. The minimum atomic E-state index is 0.445. The van der Waals surface area contributed by atoms with Crippen molar-refractivity contribution in [2.75, 3.05) is 27.2 Å². The van der Waals surface area contributed by atoms with Crippen molar-refractivity contribution in [1.29, 1.82) is 0 Å². The van der Waals surface area contributed by atoms with Crippen LogP contribution in [0.15, 0.2) is 0 Å². The lowest BCUT2D eigenvalue weighted by Gasteiger charge is -2.36. The van der Waals surface area contributed by atoms with Gasteiger partial charge >= 0.3 is 0 Å². The van der Waals surface area contributed by atoms with Gasteiger partial charge < -0.3 is 10.2 Å². The second-order valence-electron chi connectivity index (χ2n) is 5.94. The van der Waals surface area contributed by atoms with E-state index in [4.69, 9.17) is 0 Å². The molecule has 0 heterocycles. The van der Waals surface area contributed by atoms with Gasteiger partial charge in [-0.1, -0.05) is 33.1 Å². The topological polar surface area (TPSA) is 15.3 Å². The molecule has 2 nitrogen and oxygen atoms in total. The predicted molar refractivity (Wildman–Crippen MR) is 71.8 cm³/mol.